The van der Waals surface area contributed by atoms with Gasteiger partial charge in [-0.3, -0.25) is 5.43 Å². The van der Waals surface area contributed by atoms with Crippen molar-refractivity contribution in [1.82, 2.24) is 0 Å². The molecule has 0 aromatic heterocycles. The molecule has 0 radical (unpaired) electrons. The topological polar surface area (TPSA) is 92.2 Å². The maximum atomic E-state index is 9.05. The lowest BCUT2D eigenvalue weighted by molar-refractivity contribution is 0.282. The summed E-state index contributed by atoms with van der Waals surface area (Å²) in [6, 6.07) is 7.99. The second-order valence-electron chi connectivity index (χ2n) is 2.76. The number of hydrogen-bond acceptors (Lipinski definition) is 5. The highest BCUT2D eigenvalue weighted by Gasteiger charge is 2.02. The van der Waals surface area contributed by atoms with E-state index in [1.54, 1.807) is 30.3 Å². The third kappa shape index (κ3) is 2.96. The van der Waals surface area contributed by atoms with Gasteiger partial charge in [-0.1, -0.05) is 11.6 Å². The van der Waals surface area contributed by atoms with Crippen LogP contribution in [0.15, 0.2) is 23.3 Å². The molecule has 0 aliphatic heterocycles. The van der Waals surface area contributed by atoms with Gasteiger partial charge in [0.2, 0.25) is 5.71 Å². The predicted molar refractivity (Wildman–Crippen MR) is 59.7 cm³/mol. The molecule has 0 heterocycles. The highest BCUT2D eigenvalue weighted by molar-refractivity contribution is 6.30. The van der Waals surface area contributed by atoms with Crippen LogP contribution < -0.4 is 5.43 Å². The van der Waals surface area contributed by atoms with Gasteiger partial charge in [0.25, 0.3) is 0 Å². The number of hydrogen-bond donors (Lipinski definition) is 2. The predicted octanol–water partition coefficient (Wildman–Crippen LogP) is 1.65. The summed E-state index contributed by atoms with van der Waals surface area (Å²) in [4.78, 5) is 0. The molecule has 0 saturated heterocycles. The van der Waals surface area contributed by atoms with Crippen molar-refractivity contribution in [2.75, 3.05) is 5.43 Å². The Morgan fingerprint density at radius 2 is 2.12 bits per heavy atom. The number of hydrazone groups is 1. The molecule has 0 fully saturated rings. The van der Waals surface area contributed by atoms with Crippen LogP contribution in [0.4, 0.5) is 5.69 Å². The van der Waals surface area contributed by atoms with Gasteiger partial charge in [0.15, 0.2) is 0 Å². The third-order valence-corrected chi connectivity index (χ3v) is 1.97. The van der Waals surface area contributed by atoms with Gasteiger partial charge in [0.05, 0.1) is 12.3 Å². The Kier molecular flexibility index (Phi) is 4.28. The molecule has 80 valence electrons. The lowest BCUT2D eigenvalue weighted by Gasteiger charge is -2.06. The molecule has 0 unspecified atom stereocenters. The van der Waals surface area contributed by atoms with E-state index >= 15 is 0 Å². The molecule has 5 nitrogen and oxygen atoms in total. The first-order valence-electron chi connectivity index (χ1n) is 4.24. The minimum absolute atomic E-state index is 0.215. The zero-order valence-electron chi connectivity index (χ0n) is 8.11. The zero-order chi connectivity index (χ0) is 12.0. The lowest BCUT2D eigenvalue weighted by Crippen LogP contribution is -1.99. The minimum atomic E-state index is -0.293. The quantitative estimate of drug-likeness (QED) is 0.614. The molecule has 1 rings (SSSR count). The standard InChI is InChI=1S/C10H7ClN4O/c11-8-1-2-10(7(3-8)6-16)15-14-9(4-12)5-13/h1-3,15-16H,6H2. The van der Waals surface area contributed by atoms with E-state index in [2.05, 4.69) is 10.5 Å². The maximum Gasteiger partial charge on any atom is 0.237 e. The van der Waals surface area contributed by atoms with Crippen LogP contribution in [0.3, 0.4) is 0 Å². The van der Waals surface area contributed by atoms with Crippen molar-refractivity contribution < 1.29 is 5.11 Å². The van der Waals surface area contributed by atoms with E-state index in [1.165, 1.54) is 0 Å². The molecule has 0 bridgehead atoms. The molecule has 2 N–H and O–H groups in total. The number of anilines is 1. The number of halogens is 1. The molecule has 1 aromatic carbocycles. The first-order valence-corrected chi connectivity index (χ1v) is 4.62. The van der Waals surface area contributed by atoms with Gasteiger partial charge in [-0.2, -0.15) is 15.6 Å². The van der Waals surface area contributed by atoms with Crippen molar-refractivity contribution in [2.24, 2.45) is 5.10 Å². The molecule has 0 aliphatic rings. The smallest absolute Gasteiger partial charge is 0.237 e. The SMILES string of the molecule is N#CC(C#N)=NNc1ccc(Cl)cc1CO. The van der Waals surface area contributed by atoms with E-state index in [9.17, 15) is 0 Å². The molecule has 0 atom stereocenters. The van der Waals surface area contributed by atoms with Crippen molar-refractivity contribution in [3.63, 3.8) is 0 Å². The summed E-state index contributed by atoms with van der Waals surface area (Å²) in [6.45, 7) is -0.215. The van der Waals surface area contributed by atoms with Crippen molar-refractivity contribution in [3.05, 3.63) is 28.8 Å². The van der Waals surface area contributed by atoms with Gasteiger partial charge < -0.3 is 5.11 Å². The monoisotopic (exact) mass is 234 g/mol. The Hall–Kier alpha value is -2.08. The fourth-order valence-electron chi connectivity index (χ4n) is 0.993. The van der Waals surface area contributed by atoms with Gasteiger partial charge in [-0.05, 0) is 18.2 Å². The van der Waals surface area contributed by atoms with Crippen molar-refractivity contribution in [3.8, 4) is 12.1 Å². The average molecular weight is 235 g/mol. The van der Waals surface area contributed by atoms with Crippen LogP contribution in [0, 0.1) is 22.7 Å². The van der Waals surface area contributed by atoms with Gasteiger partial charge in [-0.15, -0.1) is 0 Å². The highest BCUT2D eigenvalue weighted by Crippen LogP contribution is 2.20. The minimum Gasteiger partial charge on any atom is -0.392 e. The Morgan fingerprint density at radius 3 is 2.69 bits per heavy atom. The first kappa shape index (κ1) is 12.0. The normalized spacial score (nSPS) is 8.75. The molecule has 0 spiro atoms. The van der Waals surface area contributed by atoms with E-state index in [0.717, 1.165) is 0 Å². The molecule has 16 heavy (non-hydrogen) atoms. The lowest BCUT2D eigenvalue weighted by atomic mass is 10.2. The van der Waals surface area contributed by atoms with Gasteiger partial charge in [0.1, 0.15) is 12.1 Å². The molecule has 0 aliphatic carbocycles. The molecule has 1 aromatic rings. The molecule has 0 saturated carbocycles. The van der Waals surface area contributed by atoms with Crippen LogP contribution in [0.5, 0.6) is 0 Å². The van der Waals surface area contributed by atoms with Gasteiger partial charge in [-0.25, -0.2) is 0 Å². The second-order valence-corrected chi connectivity index (χ2v) is 3.19. The number of nitrogens with one attached hydrogen (secondary N) is 1. The number of aliphatic hydroxyl groups excluding tert-OH is 1. The Bertz CT molecular complexity index is 483. The maximum absolute atomic E-state index is 9.05. The zero-order valence-corrected chi connectivity index (χ0v) is 8.86. The average Bonchev–Trinajstić information content (AvgIpc) is 2.31. The summed E-state index contributed by atoms with van der Waals surface area (Å²) in [6.07, 6.45) is 0. The van der Waals surface area contributed by atoms with E-state index < -0.39 is 0 Å². The summed E-state index contributed by atoms with van der Waals surface area (Å²) in [7, 11) is 0. The number of nitrogens with zero attached hydrogens (tertiary/aromatic N) is 3. The molecule has 0 amide bonds. The Morgan fingerprint density at radius 1 is 1.44 bits per heavy atom. The van der Waals surface area contributed by atoms with Crippen LogP contribution in [0.1, 0.15) is 5.56 Å². The summed E-state index contributed by atoms with van der Waals surface area (Å²) < 4.78 is 0. The summed E-state index contributed by atoms with van der Waals surface area (Å²) in [5.41, 5.74) is 3.25. The number of benzene rings is 1. The third-order valence-electron chi connectivity index (χ3n) is 1.74. The van der Waals surface area contributed by atoms with Gasteiger partial charge >= 0.3 is 0 Å². The summed E-state index contributed by atoms with van der Waals surface area (Å²) in [5.74, 6) is 0. The fourth-order valence-corrected chi connectivity index (χ4v) is 1.19. The van der Waals surface area contributed by atoms with Crippen LogP contribution in [-0.2, 0) is 6.61 Å². The van der Waals surface area contributed by atoms with Crippen LogP contribution in [0.25, 0.3) is 0 Å². The summed E-state index contributed by atoms with van der Waals surface area (Å²) in [5, 5.41) is 30.0. The number of nitriles is 2. The second kappa shape index (κ2) is 5.72. The van der Waals surface area contributed by atoms with E-state index in [0.29, 0.717) is 16.3 Å². The Balaban J connectivity index is 2.95. The van der Waals surface area contributed by atoms with Crippen LogP contribution in [0.2, 0.25) is 5.02 Å². The molecule has 6 heteroatoms. The summed E-state index contributed by atoms with van der Waals surface area (Å²) >= 11 is 5.73. The van der Waals surface area contributed by atoms with E-state index in [1.807, 2.05) is 0 Å². The van der Waals surface area contributed by atoms with Crippen molar-refractivity contribution >= 4 is 23.0 Å². The number of rotatable bonds is 3. The Labute approximate surface area is 97.2 Å². The molecular formula is C10H7ClN4O. The largest absolute Gasteiger partial charge is 0.392 e. The highest BCUT2D eigenvalue weighted by atomic mass is 35.5. The van der Waals surface area contributed by atoms with E-state index in [-0.39, 0.29) is 12.3 Å². The number of aliphatic hydroxyl groups is 1. The fraction of sp³-hybridized carbons (Fsp3) is 0.100. The van der Waals surface area contributed by atoms with E-state index in [4.69, 9.17) is 27.2 Å². The van der Waals surface area contributed by atoms with Crippen molar-refractivity contribution in [1.29, 1.82) is 10.5 Å². The molecular weight excluding hydrogens is 228 g/mol. The van der Waals surface area contributed by atoms with Crippen LogP contribution in [-0.4, -0.2) is 10.8 Å². The van der Waals surface area contributed by atoms with Crippen LogP contribution >= 0.6 is 11.6 Å². The van der Waals surface area contributed by atoms with Crippen molar-refractivity contribution in [2.45, 2.75) is 6.61 Å². The van der Waals surface area contributed by atoms with Gasteiger partial charge in [0, 0.05) is 10.6 Å². The first-order chi connectivity index (χ1) is 7.71.